The number of rotatable bonds is 7. The second-order valence-corrected chi connectivity index (χ2v) is 8.56. The zero-order valence-corrected chi connectivity index (χ0v) is 18.9. The highest BCUT2D eigenvalue weighted by Gasteiger charge is 2.43. The van der Waals surface area contributed by atoms with Crippen LogP contribution in [0.15, 0.2) is 67.5 Å². The summed E-state index contributed by atoms with van der Waals surface area (Å²) in [5.74, 6) is 0.0316. The Morgan fingerprint density at radius 3 is 2.64 bits per heavy atom. The zero-order valence-electron chi connectivity index (χ0n) is 18.9. The molecule has 7 nitrogen and oxygen atoms in total. The lowest BCUT2D eigenvalue weighted by Gasteiger charge is -2.42. The Kier molecular flexibility index (Phi) is 7.07. The Labute approximate surface area is 194 Å². The fraction of sp³-hybridized carbons (Fsp3) is 0.346. The molecule has 1 fully saturated rings. The molecule has 2 aromatic heterocycles. The van der Waals surface area contributed by atoms with E-state index in [-0.39, 0.29) is 18.2 Å². The molecule has 1 saturated heterocycles. The van der Waals surface area contributed by atoms with Crippen LogP contribution < -0.4 is 5.32 Å². The fourth-order valence-electron chi connectivity index (χ4n) is 4.65. The van der Waals surface area contributed by atoms with Gasteiger partial charge in [-0.05, 0) is 48.9 Å². The van der Waals surface area contributed by atoms with E-state index < -0.39 is 5.41 Å². The highest BCUT2D eigenvalue weighted by molar-refractivity contribution is 5.86. The van der Waals surface area contributed by atoms with Gasteiger partial charge in [0.1, 0.15) is 6.33 Å². The number of carbonyl (C=O) groups is 2. The van der Waals surface area contributed by atoms with Crippen LogP contribution in [0.4, 0.5) is 0 Å². The second-order valence-electron chi connectivity index (χ2n) is 8.56. The van der Waals surface area contributed by atoms with E-state index in [0.717, 1.165) is 35.1 Å². The van der Waals surface area contributed by atoms with Crippen LogP contribution in [0.2, 0.25) is 0 Å². The van der Waals surface area contributed by atoms with Crippen molar-refractivity contribution in [2.45, 2.75) is 32.6 Å². The Hall–Kier alpha value is -3.61. The molecule has 7 heteroatoms. The molecule has 4 rings (SSSR count). The number of carbonyl (C=O) groups excluding carboxylic acids is 2. The predicted molar refractivity (Wildman–Crippen MR) is 126 cm³/mol. The maximum atomic E-state index is 13.4. The van der Waals surface area contributed by atoms with Crippen LogP contribution in [0.25, 0.3) is 11.1 Å². The summed E-state index contributed by atoms with van der Waals surface area (Å²) in [5, 5.41) is 3.03. The lowest BCUT2D eigenvalue weighted by Crippen LogP contribution is -2.54. The molecule has 0 unspecified atom stereocenters. The molecule has 2 amide bonds. The van der Waals surface area contributed by atoms with Crippen LogP contribution in [0.3, 0.4) is 0 Å². The number of hydrogen-bond donors (Lipinski definition) is 1. The number of hydrogen-bond acceptors (Lipinski definition) is 5. The minimum Gasteiger partial charge on any atom is -0.356 e. The third-order valence-electron chi connectivity index (χ3n) is 6.24. The van der Waals surface area contributed by atoms with E-state index in [4.69, 9.17) is 0 Å². The smallest absolute Gasteiger partial charge is 0.228 e. The maximum Gasteiger partial charge on any atom is 0.228 e. The highest BCUT2D eigenvalue weighted by Crippen LogP contribution is 2.37. The summed E-state index contributed by atoms with van der Waals surface area (Å²) >= 11 is 0. The summed E-state index contributed by atoms with van der Waals surface area (Å²) in [6.07, 6.45) is 10.8. The normalized spacial score (nSPS) is 18.0. The first-order chi connectivity index (χ1) is 16.1. The summed E-state index contributed by atoms with van der Waals surface area (Å²) in [5.41, 5.74) is 3.18. The van der Waals surface area contributed by atoms with Crippen molar-refractivity contribution in [3.8, 4) is 11.1 Å². The summed E-state index contributed by atoms with van der Waals surface area (Å²) in [7, 11) is 0. The van der Waals surface area contributed by atoms with Crippen molar-refractivity contribution in [1.82, 2.24) is 25.2 Å². The van der Waals surface area contributed by atoms with Gasteiger partial charge in [-0.15, -0.1) is 0 Å². The van der Waals surface area contributed by atoms with E-state index in [1.54, 1.807) is 24.8 Å². The molecule has 3 heterocycles. The number of nitrogens with one attached hydrogen (secondary N) is 1. The number of amides is 2. The first kappa shape index (κ1) is 22.6. The molecule has 1 N–H and O–H groups in total. The maximum absolute atomic E-state index is 13.4. The molecule has 0 saturated carbocycles. The molecular weight excluding hydrogens is 414 g/mol. The highest BCUT2D eigenvalue weighted by atomic mass is 16.2. The van der Waals surface area contributed by atoms with Gasteiger partial charge < -0.3 is 10.2 Å². The van der Waals surface area contributed by atoms with Gasteiger partial charge in [-0.2, -0.15) is 0 Å². The second kappa shape index (κ2) is 10.3. The monoisotopic (exact) mass is 443 g/mol. The van der Waals surface area contributed by atoms with Gasteiger partial charge in [0, 0.05) is 50.0 Å². The van der Waals surface area contributed by atoms with Gasteiger partial charge in [0.15, 0.2) is 0 Å². The molecule has 3 aromatic rings. The third kappa shape index (κ3) is 5.25. The molecule has 0 aliphatic carbocycles. The quantitative estimate of drug-likeness (QED) is 0.606. The van der Waals surface area contributed by atoms with Gasteiger partial charge in [0.05, 0.1) is 11.8 Å². The summed E-state index contributed by atoms with van der Waals surface area (Å²) in [6.45, 7) is 3.54. The Morgan fingerprint density at radius 1 is 1.06 bits per heavy atom. The largest absolute Gasteiger partial charge is 0.356 e. The molecule has 0 bridgehead atoms. The van der Waals surface area contributed by atoms with E-state index >= 15 is 0 Å². The molecule has 33 heavy (non-hydrogen) atoms. The minimum absolute atomic E-state index is 0.00277. The van der Waals surface area contributed by atoms with Crippen LogP contribution in [-0.2, 0) is 22.4 Å². The van der Waals surface area contributed by atoms with E-state index in [0.29, 0.717) is 26.1 Å². The van der Waals surface area contributed by atoms with Crippen molar-refractivity contribution in [3.05, 3.63) is 78.6 Å². The molecule has 1 aromatic carbocycles. The number of likely N-dealkylation sites (tertiary alicyclic amines) is 1. The number of pyridine rings is 1. The van der Waals surface area contributed by atoms with Crippen molar-refractivity contribution in [3.63, 3.8) is 0 Å². The first-order valence-electron chi connectivity index (χ1n) is 11.4. The van der Waals surface area contributed by atoms with Crippen molar-refractivity contribution < 1.29 is 9.59 Å². The standard InChI is InChI=1S/C26H29N5O2/c1-2-30-25(33)26(14-21-8-3-4-9-23(21)22-16-28-19-29-17-22)10-6-12-31(18-26)24(32)13-20-7-5-11-27-15-20/h3-5,7-9,11,15-17,19H,2,6,10,12-14,18H2,1H3,(H,30,33)/t26-/m0/s1. The minimum atomic E-state index is -0.690. The number of benzene rings is 1. The lowest BCUT2D eigenvalue weighted by atomic mass is 9.73. The van der Waals surface area contributed by atoms with E-state index in [9.17, 15) is 9.59 Å². The number of aromatic nitrogens is 3. The van der Waals surface area contributed by atoms with Crippen LogP contribution in [0.5, 0.6) is 0 Å². The third-order valence-corrected chi connectivity index (χ3v) is 6.24. The average molecular weight is 444 g/mol. The molecule has 0 spiro atoms. The molecule has 170 valence electrons. The molecule has 1 aliphatic heterocycles. The molecule has 1 atom stereocenters. The van der Waals surface area contributed by atoms with Crippen molar-refractivity contribution in [2.24, 2.45) is 5.41 Å². The van der Waals surface area contributed by atoms with Gasteiger partial charge in [0.2, 0.25) is 11.8 Å². The van der Waals surface area contributed by atoms with E-state index in [1.807, 2.05) is 42.2 Å². The number of nitrogens with zero attached hydrogens (tertiary/aromatic N) is 4. The van der Waals surface area contributed by atoms with Crippen LogP contribution in [-0.4, -0.2) is 51.3 Å². The number of piperidine rings is 1. The van der Waals surface area contributed by atoms with Gasteiger partial charge >= 0.3 is 0 Å². The fourth-order valence-corrected chi connectivity index (χ4v) is 4.65. The summed E-state index contributed by atoms with van der Waals surface area (Å²) in [6, 6.07) is 11.8. The topological polar surface area (TPSA) is 88.1 Å². The lowest BCUT2D eigenvalue weighted by molar-refractivity contribution is -0.141. The van der Waals surface area contributed by atoms with Gasteiger partial charge in [-0.3, -0.25) is 14.6 Å². The van der Waals surface area contributed by atoms with Crippen LogP contribution in [0.1, 0.15) is 30.9 Å². The van der Waals surface area contributed by atoms with Gasteiger partial charge in [0.25, 0.3) is 0 Å². The Bertz CT molecular complexity index is 1090. The predicted octanol–water partition coefficient (Wildman–Crippen LogP) is 3.07. The van der Waals surface area contributed by atoms with Crippen molar-refractivity contribution in [1.29, 1.82) is 0 Å². The Morgan fingerprint density at radius 2 is 1.88 bits per heavy atom. The first-order valence-corrected chi connectivity index (χ1v) is 11.4. The molecule has 0 radical (unpaired) electrons. The van der Waals surface area contributed by atoms with Crippen LogP contribution >= 0.6 is 0 Å². The average Bonchev–Trinajstić information content (AvgIpc) is 2.86. The zero-order chi connectivity index (χ0) is 23.1. The van der Waals surface area contributed by atoms with E-state index in [2.05, 4.69) is 26.3 Å². The van der Waals surface area contributed by atoms with Crippen LogP contribution in [0, 0.1) is 5.41 Å². The van der Waals surface area contributed by atoms with Crippen molar-refractivity contribution in [2.75, 3.05) is 19.6 Å². The van der Waals surface area contributed by atoms with Gasteiger partial charge in [-0.25, -0.2) is 9.97 Å². The Balaban J connectivity index is 1.62. The van der Waals surface area contributed by atoms with E-state index in [1.165, 1.54) is 6.33 Å². The summed E-state index contributed by atoms with van der Waals surface area (Å²) < 4.78 is 0. The van der Waals surface area contributed by atoms with Crippen molar-refractivity contribution >= 4 is 11.8 Å². The molecule has 1 aliphatic rings. The van der Waals surface area contributed by atoms with Gasteiger partial charge in [-0.1, -0.05) is 30.3 Å². The SMILES string of the molecule is CCNC(=O)[C@]1(Cc2ccccc2-c2cncnc2)CCCN(C(=O)Cc2cccnc2)C1. The molecular formula is C26H29N5O2. The summed E-state index contributed by atoms with van der Waals surface area (Å²) in [4.78, 5) is 40.8.